The van der Waals surface area contributed by atoms with Gasteiger partial charge in [-0.3, -0.25) is 0 Å². The number of aromatic nitrogens is 1. The first kappa shape index (κ1) is 10.7. The summed E-state index contributed by atoms with van der Waals surface area (Å²) in [6.07, 6.45) is 1.24. The number of H-pyrrole nitrogens is 1. The SMILES string of the molecule is NS(=O)(=O)c1c[nH]c2cc(C(=O)O)ccc12. The van der Waals surface area contributed by atoms with E-state index in [1.54, 1.807) is 0 Å². The summed E-state index contributed by atoms with van der Waals surface area (Å²) in [4.78, 5) is 13.3. The van der Waals surface area contributed by atoms with E-state index < -0.39 is 16.0 Å². The van der Waals surface area contributed by atoms with Crippen molar-refractivity contribution in [1.82, 2.24) is 4.98 Å². The first-order valence-corrected chi connectivity index (χ1v) is 5.81. The summed E-state index contributed by atoms with van der Waals surface area (Å²) in [6.45, 7) is 0. The Labute approximate surface area is 90.7 Å². The van der Waals surface area contributed by atoms with Crippen molar-refractivity contribution in [2.75, 3.05) is 0 Å². The highest BCUT2D eigenvalue weighted by molar-refractivity contribution is 7.89. The number of carboxylic acid groups (broad SMARTS) is 1. The average molecular weight is 240 g/mol. The predicted octanol–water partition coefficient (Wildman–Crippen LogP) is 0.514. The van der Waals surface area contributed by atoms with Crippen LogP contribution in [0.5, 0.6) is 0 Å². The Morgan fingerprint density at radius 2 is 2.06 bits per heavy atom. The molecule has 0 aliphatic rings. The van der Waals surface area contributed by atoms with Crippen LogP contribution in [0.2, 0.25) is 0 Å². The summed E-state index contributed by atoms with van der Waals surface area (Å²) < 4.78 is 22.3. The highest BCUT2D eigenvalue weighted by Gasteiger charge is 2.15. The number of hydrogen-bond donors (Lipinski definition) is 3. The molecule has 0 saturated heterocycles. The summed E-state index contributed by atoms with van der Waals surface area (Å²) in [6, 6.07) is 4.09. The van der Waals surface area contributed by atoms with E-state index in [1.807, 2.05) is 0 Å². The van der Waals surface area contributed by atoms with Crippen LogP contribution < -0.4 is 5.14 Å². The summed E-state index contributed by atoms with van der Waals surface area (Å²) in [5, 5.41) is 14.1. The number of nitrogens with two attached hydrogens (primary N) is 1. The minimum Gasteiger partial charge on any atom is -0.478 e. The number of nitrogens with one attached hydrogen (secondary N) is 1. The zero-order valence-electron chi connectivity index (χ0n) is 7.97. The molecular formula is C9H8N2O4S. The summed E-state index contributed by atoms with van der Waals surface area (Å²) in [7, 11) is -3.80. The van der Waals surface area contributed by atoms with Crippen LogP contribution in [0.15, 0.2) is 29.3 Å². The number of carbonyl (C=O) groups is 1. The van der Waals surface area contributed by atoms with Crippen LogP contribution in [0.25, 0.3) is 10.9 Å². The van der Waals surface area contributed by atoms with Crippen LogP contribution in [-0.4, -0.2) is 24.5 Å². The molecule has 2 rings (SSSR count). The van der Waals surface area contributed by atoms with Crippen molar-refractivity contribution in [1.29, 1.82) is 0 Å². The molecule has 0 aliphatic carbocycles. The lowest BCUT2D eigenvalue weighted by Gasteiger charge is -1.97. The number of primary sulfonamides is 1. The number of benzene rings is 1. The van der Waals surface area contributed by atoms with Crippen LogP contribution in [0.1, 0.15) is 10.4 Å². The topological polar surface area (TPSA) is 113 Å². The maximum absolute atomic E-state index is 11.2. The predicted molar refractivity (Wildman–Crippen MR) is 56.6 cm³/mol. The number of carboxylic acids is 1. The molecule has 0 atom stereocenters. The van der Waals surface area contributed by atoms with Gasteiger partial charge in [0.25, 0.3) is 0 Å². The van der Waals surface area contributed by atoms with Gasteiger partial charge in [0, 0.05) is 17.1 Å². The maximum Gasteiger partial charge on any atom is 0.335 e. The molecule has 84 valence electrons. The number of sulfonamides is 1. The lowest BCUT2D eigenvalue weighted by Crippen LogP contribution is -2.11. The van der Waals surface area contributed by atoms with Crippen LogP contribution in [0.3, 0.4) is 0 Å². The van der Waals surface area contributed by atoms with Gasteiger partial charge in [0.2, 0.25) is 10.0 Å². The molecule has 1 aromatic carbocycles. The smallest absolute Gasteiger partial charge is 0.335 e. The largest absolute Gasteiger partial charge is 0.478 e. The molecule has 0 spiro atoms. The average Bonchev–Trinajstić information content (AvgIpc) is 2.58. The second kappa shape index (κ2) is 3.32. The van der Waals surface area contributed by atoms with Gasteiger partial charge in [-0.05, 0) is 12.1 Å². The van der Waals surface area contributed by atoms with Crippen molar-refractivity contribution >= 4 is 26.9 Å². The third kappa shape index (κ3) is 1.66. The molecule has 0 saturated carbocycles. The van der Waals surface area contributed by atoms with Crippen molar-refractivity contribution in [3.05, 3.63) is 30.0 Å². The Kier molecular flexibility index (Phi) is 2.21. The van der Waals surface area contributed by atoms with Crippen LogP contribution >= 0.6 is 0 Å². The summed E-state index contributed by atoms with van der Waals surface area (Å²) in [5.74, 6) is -1.08. The molecule has 0 radical (unpaired) electrons. The van der Waals surface area contributed by atoms with E-state index in [0.29, 0.717) is 10.9 Å². The van der Waals surface area contributed by atoms with Crippen LogP contribution in [-0.2, 0) is 10.0 Å². The number of aromatic amines is 1. The molecule has 0 aliphatic heterocycles. The van der Waals surface area contributed by atoms with E-state index in [2.05, 4.69) is 4.98 Å². The van der Waals surface area contributed by atoms with E-state index in [1.165, 1.54) is 24.4 Å². The Morgan fingerprint density at radius 1 is 1.38 bits per heavy atom. The van der Waals surface area contributed by atoms with Gasteiger partial charge >= 0.3 is 5.97 Å². The van der Waals surface area contributed by atoms with Gasteiger partial charge in [0.05, 0.1) is 5.56 Å². The van der Waals surface area contributed by atoms with Crippen molar-refractivity contribution in [3.63, 3.8) is 0 Å². The van der Waals surface area contributed by atoms with Crippen molar-refractivity contribution in [3.8, 4) is 0 Å². The molecule has 1 heterocycles. The minimum absolute atomic E-state index is 0.0422. The fraction of sp³-hybridized carbons (Fsp3) is 0. The third-order valence-electron chi connectivity index (χ3n) is 2.20. The van der Waals surface area contributed by atoms with Gasteiger partial charge in [0.15, 0.2) is 0 Å². The minimum atomic E-state index is -3.80. The molecule has 4 N–H and O–H groups in total. The first-order valence-electron chi connectivity index (χ1n) is 4.27. The number of rotatable bonds is 2. The molecule has 2 aromatic rings. The van der Waals surface area contributed by atoms with Gasteiger partial charge in [-0.2, -0.15) is 0 Å². The van der Waals surface area contributed by atoms with Gasteiger partial charge in [-0.15, -0.1) is 0 Å². The molecule has 7 heteroatoms. The van der Waals surface area contributed by atoms with Gasteiger partial charge in [-0.1, -0.05) is 6.07 Å². The van der Waals surface area contributed by atoms with Crippen LogP contribution in [0, 0.1) is 0 Å². The molecule has 0 unspecified atom stereocenters. The summed E-state index contributed by atoms with van der Waals surface area (Å²) >= 11 is 0. The highest BCUT2D eigenvalue weighted by Crippen LogP contribution is 2.22. The van der Waals surface area contributed by atoms with Crippen molar-refractivity contribution in [2.45, 2.75) is 4.90 Å². The van der Waals surface area contributed by atoms with Crippen LogP contribution in [0.4, 0.5) is 0 Å². The number of fused-ring (bicyclic) bond motifs is 1. The Morgan fingerprint density at radius 3 is 2.62 bits per heavy atom. The van der Waals surface area contributed by atoms with E-state index in [9.17, 15) is 13.2 Å². The standard InChI is InChI=1S/C9H8N2O4S/c10-16(14,15)8-4-11-7-3-5(9(12)13)1-2-6(7)8/h1-4,11H,(H,12,13)(H2,10,14,15). The van der Waals surface area contributed by atoms with Crippen molar-refractivity contribution in [2.24, 2.45) is 5.14 Å². The second-order valence-corrected chi connectivity index (χ2v) is 4.79. The maximum atomic E-state index is 11.2. The molecule has 0 fully saturated rings. The van der Waals surface area contributed by atoms with Crippen molar-refractivity contribution < 1.29 is 18.3 Å². The second-order valence-electron chi connectivity index (χ2n) is 3.26. The van der Waals surface area contributed by atoms with Gasteiger partial charge < -0.3 is 10.1 Å². The highest BCUT2D eigenvalue weighted by atomic mass is 32.2. The fourth-order valence-corrected chi connectivity index (χ4v) is 2.18. The normalized spacial score (nSPS) is 11.8. The molecule has 0 bridgehead atoms. The zero-order valence-corrected chi connectivity index (χ0v) is 8.78. The Balaban J connectivity index is 2.73. The fourth-order valence-electron chi connectivity index (χ4n) is 1.47. The quantitative estimate of drug-likeness (QED) is 0.709. The third-order valence-corrected chi connectivity index (χ3v) is 3.15. The molecule has 0 amide bonds. The lowest BCUT2D eigenvalue weighted by molar-refractivity contribution is 0.0697. The van der Waals surface area contributed by atoms with E-state index in [4.69, 9.17) is 10.2 Å². The Bertz CT molecular complexity index is 672. The lowest BCUT2D eigenvalue weighted by atomic mass is 10.2. The van der Waals surface area contributed by atoms with E-state index in [0.717, 1.165) is 0 Å². The first-order chi connectivity index (χ1) is 7.39. The molecule has 16 heavy (non-hydrogen) atoms. The zero-order chi connectivity index (χ0) is 11.9. The Hall–Kier alpha value is -1.86. The molecule has 6 nitrogen and oxygen atoms in total. The van der Waals surface area contributed by atoms with E-state index in [-0.39, 0.29) is 10.5 Å². The van der Waals surface area contributed by atoms with Gasteiger partial charge in [0.1, 0.15) is 4.90 Å². The monoisotopic (exact) mass is 240 g/mol. The van der Waals surface area contributed by atoms with Gasteiger partial charge in [-0.25, -0.2) is 18.4 Å². The summed E-state index contributed by atoms with van der Waals surface area (Å²) in [5.41, 5.74) is 0.499. The molecular weight excluding hydrogens is 232 g/mol. The number of aromatic carboxylic acids is 1. The van der Waals surface area contributed by atoms with E-state index >= 15 is 0 Å². The molecule has 1 aromatic heterocycles. The number of hydrogen-bond acceptors (Lipinski definition) is 3.